The van der Waals surface area contributed by atoms with E-state index < -0.39 is 0 Å². The fraction of sp³-hybridized carbons (Fsp3) is 0.462. The van der Waals surface area contributed by atoms with Crippen LogP contribution < -0.4 is 10.1 Å². The largest absolute Gasteiger partial charge is 0.419 e. The Bertz CT molecular complexity index is 576. The summed E-state index contributed by atoms with van der Waals surface area (Å²) in [6.07, 6.45) is 0. The summed E-state index contributed by atoms with van der Waals surface area (Å²) in [4.78, 5) is 8.93. The zero-order chi connectivity index (χ0) is 14.0. The average molecular weight is 261 g/mol. The van der Waals surface area contributed by atoms with Crippen molar-refractivity contribution in [1.82, 2.24) is 20.2 Å². The standard InChI is InChI=1S/C13H19N5O/c1-7(2)11-15-12(14-5)9(4)13(16-11)19-10-6-8(3)17-18-10/h6-7H,1-5H3,(H,17,18)(H,14,15,16). The third-order valence-corrected chi connectivity index (χ3v) is 2.76. The lowest BCUT2D eigenvalue weighted by Crippen LogP contribution is -2.06. The minimum Gasteiger partial charge on any atom is -0.419 e. The molecule has 2 rings (SSSR count). The van der Waals surface area contributed by atoms with Crippen molar-refractivity contribution < 1.29 is 4.74 Å². The van der Waals surface area contributed by atoms with Gasteiger partial charge in [0.1, 0.15) is 11.6 Å². The van der Waals surface area contributed by atoms with Crippen molar-refractivity contribution in [3.63, 3.8) is 0 Å². The summed E-state index contributed by atoms with van der Waals surface area (Å²) < 4.78 is 5.73. The Balaban J connectivity index is 2.40. The van der Waals surface area contributed by atoms with Crippen LogP contribution >= 0.6 is 0 Å². The fourth-order valence-electron chi connectivity index (χ4n) is 1.66. The molecule has 0 saturated heterocycles. The van der Waals surface area contributed by atoms with Crippen molar-refractivity contribution in [3.05, 3.63) is 23.1 Å². The lowest BCUT2D eigenvalue weighted by atomic mass is 10.2. The average Bonchev–Trinajstić information content (AvgIpc) is 2.77. The van der Waals surface area contributed by atoms with Crippen LogP contribution in [0.3, 0.4) is 0 Å². The molecule has 2 aromatic rings. The van der Waals surface area contributed by atoms with Gasteiger partial charge in [0.2, 0.25) is 11.8 Å². The molecule has 2 heterocycles. The van der Waals surface area contributed by atoms with Gasteiger partial charge in [-0.25, -0.2) is 4.98 Å². The van der Waals surface area contributed by atoms with Gasteiger partial charge >= 0.3 is 0 Å². The summed E-state index contributed by atoms with van der Waals surface area (Å²) in [5.74, 6) is 2.81. The molecule has 0 aromatic carbocycles. The molecule has 0 saturated carbocycles. The second-order valence-electron chi connectivity index (χ2n) is 4.76. The van der Waals surface area contributed by atoms with Gasteiger partial charge in [-0.05, 0) is 13.8 Å². The minimum absolute atomic E-state index is 0.232. The SMILES string of the molecule is CNc1nc(C(C)C)nc(Oc2cc(C)[nH]n2)c1C. The summed E-state index contributed by atoms with van der Waals surface area (Å²) in [5, 5.41) is 9.96. The summed E-state index contributed by atoms with van der Waals surface area (Å²) in [5.41, 5.74) is 1.81. The van der Waals surface area contributed by atoms with Crippen molar-refractivity contribution in [2.75, 3.05) is 12.4 Å². The number of ether oxygens (including phenoxy) is 1. The first-order valence-corrected chi connectivity index (χ1v) is 6.27. The minimum atomic E-state index is 0.232. The molecule has 102 valence electrons. The lowest BCUT2D eigenvalue weighted by Gasteiger charge is -2.13. The molecule has 0 aliphatic rings. The van der Waals surface area contributed by atoms with Gasteiger partial charge < -0.3 is 10.1 Å². The van der Waals surface area contributed by atoms with E-state index in [9.17, 15) is 0 Å². The first-order valence-electron chi connectivity index (χ1n) is 6.27. The van der Waals surface area contributed by atoms with Crippen molar-refractivity contribution in [1.29, 1.82) is 0 Å². The molecule has 0 aliphatic heterocycles. The van der Waals surface area contributed by atoms with Crippen LogP contribution in [0.1, 0.15) is 36.8 Å². The fourth-order valence-corrected chi connectivity index (χ4v) is 1.66. The number of anilines is 1. The Hall–Kier alpha value is -2.11. The second kappa shape index (κ2) is 5.26. The van der Waals surface area contributed by atoms with Gasteiger partial charge in [0.15, 0.2) is 0 Å². The maximum Gasteiger partial charge on any atom is 0.240 e. The number of H-pyrrole nitrogens is 1. The van der Waals surface area contributed by atoms with Crippen LogP contribution in [0.25, 0.3) is 0 Å². The first kappa shape index (κ1) is 13.3. The van der Waals surface area contributed by atoms with E-state index in [2.05, 4.69) is 25.5 Å². The molecule has 0 radical (unpaired) electrons. The van der Waals surface area contributed by atoms with Crippen molar-refractivity contribution in [2.45, 2.75) is 33.6 Å². The summed E-state index contributed by atoms with van der Waals surface area (Å²) in [6.45, 7) is 7.94. The Morgan fingerprint density at radius 2 is 2.00 bits per heavy atom. The van der Waals surface area contributed by atoms with E-state index in [0.717, 1.165) is 22.9 Å². The smallest absolute Gasteiger partial charge is 0.240 e. The zero-order valence-corrected chi connectivity index (χ0v) is 11.9. The quantitative estimate of drug-likeness (QED) is 0.885. The number of rotatable bonds is 4. The van der Waals surface area contributed by atoms with Crippen LogP contribution in [0, 0.1) is 13.8 Å². The van der Waals surface area contributed by atoms with Crippen LogP contribution in [0.5, 0.6) is 11.8 Å². The lowest BCUT2D eigenvalue weighted by molar-refractivity contribution is 0.435. The molecule has 0 spiro atoms. The van der Waals surface area contributed by atoms with Gasteiger partial charge in [-0.1, -0.05) is 13.8 Å². The van der Waals surface area contributed by atoms with Gasteiger partial charge in [0.25, 0.3) is 0 Å². The normalized spacial score (nSPS) is 10.8. The molecule has 19 heavy (non-hydrogen) atoms. The molecule has 0 atom stereocenters. The Morgan fingerprint density at radius 1 is 1.26 bits per heavy atom. The van der Waals surface area contributed by atoms with E-state index in [-0.39, 0.29) is 5.92 Å². The molecule has 2 aromatic heterocycles. The number of nitrogens with one attached hydrogen (secondary N) is 2. The highest BCUT2D eigenvalue weighted by atomic mass is 16.5. The monoisotopic (exact) mass is 261 g/mol. The predicted molar refractivity (Wildman–Crippen MR) is 73.8 cm³/mol. The first-order chi connectivity index (χ1) is 9.01. The Morgan fingerprint density at radius 3 is 2.53 bits per heavy atom. The number of aryl methyl sites for hydroxylation is 1. The van der Waals surface area contributed by atoms with E-state index in [4.69, 9.17) is 4.74 Å². The molecule has 2 N–H and O–H groups in total. The van der Waals surface area contributed by atoms with Crippen molar-refractivity contribution in [2.24, 2.45) is 0 Å². The Labute approximate surface area is 112 Å². The van der Waals surface area contributed by atoms with Crippen LogP contribution in [-0.2, 0) is 0 Å². The molecule has 6 nitrogen and oxygen atoms in total. The third kappa shape index (κ3) is 2.83. The van der Waals surface area contributed by atoms with Crippen LogP contribution in [0.2, 0.25) is 0 Å². The number of aromatic nitrogens is 4. The van der Waals surface area contributed by atoms with Crippen LogP contribution in [0.15, 0.2) is 6.07 Å². The summed E-state index contributed by atoms with van der Waals surface area (Å²) in [7, 11) is 1.84. The molecule has 0 amide bonds. The van der Waals surface area contributed by atoms with Gasteiger partial charge in [-0.3, -0.25) is 5.10 Å². The van der Waals surface area contributed by atoms with E-state index in [1.165, 1.54) is 0 Å². The predicted octanol–water partition coefficient (Wildman–Crippen LogP) is 2.77. The number of aromatic amines is 1. The molecular weight excluding hydrogens is 242 g/mol. The highest BCUT2D eigenvalue weighted by Gasteiger charge is 2.14. The number of nitrogens with zero attached hydrogens (tertiary/aromatic N) is 3. The van der Waals surface area contributed by atoms with E-state index in [1.54, 1.807) is 0 Å². The molecule has 6 heteroatoms. The topological polar surface area (TPSA) is 75.7 Å². The van der Waals surface area contributed by atoms with Crippen molar-refractivity contribution in [3.8, 4) is 11.8 Å². The van der Waals surface area contributed by atoms with Gasteiger partial charge in [-0.2, -0.15) is 4.98 Å². The van der Waals surface area contributed by atoms with Gasteiger partial charge in [0, 0.05) is 24.7 Å². The molecule has 0 bridgehead atoms. The van der Waals surface area contributed by atoms with E-state index in [1.807, 2.05) is 40.8 Å². The molecule has 0 aliphatic carbocycles. The molecular formula is C13H19N5O. The summed E-state index contributed by atoms with van der Waals surface area (Å²) in [6, 6.07) is 1.83. The molecule has 0 unspecified atom stereocenters. The maximum absolute atomic E-state index is 5.73. The summed E-state index contributed by atoms with van der Waals surface area (Å²) >= 11 is 0. The highest BCUT2D eigenvalue weighted by molar-refractivity contribution is 5.49. The second-order valence-corrected chi connectivity index (χ2v) is 4.76. The number of hydrogen-bond donors (Lipinski definition) is 2. The van der Waals surface area contributed by atoms with E-state index in [0.29, 0.717) is 11.8 Å². The van der Waals surface area contributed by atoms with Crippen LogP contribution in [-0.4, -0.2) is 27.2 Å². The number of hydrogen-bond acceptors (Lipinski definition) is 5. The van der Waals surface area contributed by atoms with Crippen LogP contribution in [0.4, 0.5) is 5.82 Å². The molecule has 0 fully saturated rings. The third-order valence-electron chi connectivity index (χ3n) is 2.76. The highest BCUT2D eigenvalue weighted by Crippen LogP contribution is 2.27. The van der Waals surface area contributed by atoms with E-state index >= 15 is 0 Å². The van der Waals surface area contributed by atoms with Gasteiger partial charge in [-0.15, -0.1) is 5.10 Å². The van der Waals surface area contributed by atoms with Gasteiger partial charge in [0.05, 0.1) is 5.56 Å². The zero-order valence-electron chi connectivity index (χ0n) is 11.9. The Kier molecular flexibility index (Phi) is 3.69. The van der Waals surface area contributed by atoms with Crippen molar-refractivity contribution >= 4 is 5.82 Å². The maximum atomic E-state index is 5.73.